The molecule has 2 atom stereocenters. The molecule has 2 rings (SSSR count). The predicted octanol–water partition coefficient (Wildman–Crippen LogP) is 3.15. The number of carbonyl (C=O) groups excluding carboxylic acids is 2. The third-order valence-corrected chi connectivity index (χ3v) is 4.13. The van der Waals surface area contributed by atoms with Gasteiger partial charge in [0.2, 0.25) is 0 Å². The Balaban J connectivity index is 1.87. The van der Waals surface area contributed by atoms with Crippen LogP contribution >= 0.6 is 0 Å². The fourth-order valence-electron chi connectivity index (χ4n) is 2.64. The molecular formula is C21H25NO4. The highest BCUT2D eigenvalue weighted by Gasteiger charge is 2.16. The van der Waals surface area contributed by atoms with E-state index in [1.165, 1.54) is 0 Å². The lowest BCUT2D eigenvalue weighted by atomic mass is 10.0. The van der Waals surface area contributed by atoms with Gasteiger partial charge < -0.3 is 15.2 Å². The number of Topliss-reactive ketones (excluding diaryl/α,β-unsaturated/α-hetero) is 1. The highest BCUT2D eigenvalue weighted by atomic mass is 16.5. The molecule has 0 amide bonds. The molecule has 138 valence electrons. The molecule has 0 fully saturated rings. The van der Waals surface area contributed by atoms with Crippen LogP contribution in [0.2, 0.25) is 0 Å². The molecule has 5 nitrogen and oxygen atoms in total. The summed E-state index contributed by atoms with van der Waals surface area (Å²) in [6.45, 7) is 4.35. The second kappa shape index (κ2) is 9.85. The van der Waals surface area contributed by atoms with Gasteiger partial charge in [-0.15, -0.1) is 0 Å². The Morgan fingerprint density at radius 1 is 1.08 bits per heavy atom. The van der Waals surface area contributed by atoms with Gasteiger partial charge >= 0.3 is 5.97 Å². The van der Waals surface area contributed by atoms with Crippen molar-refractivity contribution in [2.75, 3.05) is 13.2 Å². The van der Waals surface area contributed by atoms with Crippen LogP contribution in [0.5, 0.6) is 0 Å². The summed E-state index contributed by atoms with van der Waals surface area (Å²) < 4.78 is 4.95. The number of nitrogens with one attached hydrogen (secondary N) is 1. The molecule has 0 saturated carbocycles. The first-order chi connectivity index (χ1) is 12.5. The van der Waals surface area contributed by atoms with E-state index in [2.05, 4.69) is 5.32 Å². The third-order valence-electron chi connectivity index (χ3n) is 4.13. The van der Waals surface area contributed by atoms with Crippen molar-refractivity contribution in [2.45, 2.75) is 32.4 Å². The molecule has 0 aliphatic rings. The fraction of sp³-hybridized carbons (Fsp3) is 0.333. The lowest BCUT2D eigenvalue weighted by Gasteiger charge is -2.20. The number of carbonyl (C=O) groups is 2. The van der Waals surface area contributed by atoms with Gasteiger partial charge in [0.25, 0.3) is 0 Å². The van der Waals surface area contributed by atoms with Crippen LogP contribution in [0, 0.1) is 0 Å². The molecule has 5 heteroatoms. The van der Waals surface area contributed by atoms with Gasteiger partial charge in [-0.25, -0.2) is 4.79 Å². The van der Waals surface area contributed by atoms with Crippen molar-refractivity contribution in [1.82, 2.24) is 5.32 Å². The van der Waals surface area contributed by atoms with Gasteiger partial charge in [0.15, 0.2) is 5.78 Å². The Morgan fingerprint density at radius 3 is 2.46 bits per heavy atom. The Hall–Kier alpha value is -2.50. The molecule has 0 saturated heterocycles. The molecular weight excluding hydrogens is 330 g/mol. The van der Waals surface area contributed by atoms with Crippen LogP contribution in [0.4, 0.5) is 0 Å². The largest absolute Gasteiger partial charge is 0.462 e. The molecule has 2 unspecified atom stereocenters. The van der Waals surface area contributed by atoms with Crippen molar-refractivity contribution < 1.29 is 19.4 Å². The van der Waals surface area contributed by atoms with E-state index in [1.807, 2.05) is 37.3 Å². The molecule has 0 radical (unpaired) electrons. The molecule has 2 N–H and O–H groups in total. The van der Waals surface area contributed by atoms with Crippen molar-refractivity contribution in [3.05, 3.63) is 71.3 Å². The van der Waals surface area contributed by atoms with Crippen LogP contribution in [-0.2, 0) is 4.74 Å². The Labute approximate surface area is 154 Å². The zero-order chi connectivity index (χ0) is 18.9. The van der Waals surface area contributed by atoms with Crippen molar-refractivity contribution >= 4 is 11.8 Å². The maximum absolute atomic E-state index is 12.3. The van der Waals surface area contributed by atoms with Gasteiger partial charge in [-0.05, 0) is 31.5 Å². The fourth-order valence-corrected chi connectivity index (χ4v) is 2.64. The Morgan fingerprint density at radius 2 is 1.77 bits per heavy atom. The predicted molar refractivity (Wildman–Crippen MR) is 100 cm³/mol. The van der Waals surface area contributed by atoms with E-state index in [0.717, 1.165) is 5.56 Å². The van der Waals surface area contributed by atoms with Gasteiger partial charge in [0.05, 0.1) is 18.3 Å². The maximum atomic E-state index is 12.3. The number of hydrogen-bond donors (Lipinski definition) is 2. The van der Waals surface area contributed by atoms with E-state index in [-0.39, 0.29) is 18.2 Å². The lowest BCUT2D eigenvalue weighted by molar-refractivity contribution is 0.0526. The van der Waals surface area contributed by atoms with E-state index < -0.39 is 12.1 Å². The number of aliphatic hydroxyl groups excluding tert-OH is 1. The molecule has 0 aromatic heterocycles. The van der Waals surface area contributed by atoms with Gasteiger partial charge in [-0.3, -0.25) is 4.79 Å². The molecule has 0 heterocycles. The molecule has 0 aliphatic carbocycles. The topological polar surface area (TPSA) is 75.6 Å². The summed E-state index contributed by atoms with van der Waals surface area (Å²) in [6, 6.07) is 15.8. The van der Waals surface area contributed by atoms with Crippen molar-refractivity contribution in [3.63, 3.8) is 0 Å². The number of hydrogen-bond acceptors (Lipinski definition) is 5. The van der Waals surface area contributed by atoms with Crippen molar-refractivity contribution in [3.8, 4) is 0 Å². The van der Waals surface area contributed by atoms with Gasteiger partial charge in [0, 0.05) is 24.6 Å². The minimum Gasteiger partial charge on any atom is -0.462 e. The third kappa shape index (κ3) is 5.51. The summed E-state index contributed by atoms with van der Waals surface area (Å²) >= 11 is 0. The van der Waals surface area contributed by atoms with Gasteiger partial charge in [0.1, 0.15) is 0 Å². The quantitative estimate of drug-likeness (QED) is 0.534. The van der Waals surface area contributed by atoms with Gasteiger partial charge in [-0.1, -0.05) is 42.5 Å². The summed E-state index contributed by atoms with van der Waals surface area (Å²) in [5.41, 5.74) is 1.69. The highest BCUT2D eigenvalue weighted by molar-refractivity contribution is 5.99. The maximum Gasteiger partial charge on any atom is 0.338 e. The van der Waals surface area contributed by atoms with E-state index in [0.29, 0.717) is 24.3 Å². The van der Waals surface area contributed by atoms with E-state index >= 15 is 0 Å². The summed E-state index contributed by atoms with van der Waals surface area (Å²) in [4.78, 5) is 24.1. The molecule has 2 aromatic carbocycles. The van der Waals surface area contributed by atoms with Gasteiger partial charge in [-0.2, -0.15) is 0 Å². The smallest absolute Gasteiger partial charge is 0.338 e. The summed E-state index contributed by atoms with van der Waals surface area (Å²) in [6.07, 6.45) is -0.364. The monoisotopic (exact) mass is 355 g/mol. The van der Waals surface area contributed by atoms with Crippen LogP contribution in [0.25, 0.3) is 0 Å². The minimum atomic E-state index is -0.640. The van der Waals surface area contributed by atoms with Crippen LogP contribution in [-0.4, -0.2) is 36.1 Å². The van der Waals surface area contributed by atoms with Crippen molar-refractivity contribution in [1.29, 1.82) is 0 Å². The van der Waals surface area contributed by atoms with E-state index in [4.69, 9.17) is 4.74 Å². The Bertz CT molecular complexity index is 730. The lowest BCUT2D eigenvalue weighted by Crippen LogP contribution is -2.33. The number of rotatable bonds is 9. The first kappa shape index (κ1) is 19.8. The molecule has 2 aromatic rings. The first-order valence-corrected chi connectivity index (χ1v) is 8.79. The Kier molecular flexibility index (Phi) is 7.51. The minimum absolute atomic E-state index is 0.0648. The van der Waals surface area contributed by atoms with Crippen LogP contribution in [0.3, 0.4) is 0 Å². The SMILES string of the molecule is CCOC(=O)c1cccc(C(=O)CCNC(C)C(O)c2ccccc2)c1. The summed E-state index contributed by atoms with van der Waals surface area (Å²) in [5, 5.41) is 13.5. The second-order valence-corrected chi connectivity index (χ2v) is 6.07. The standard InChI is InChI=1S/C21H25NO4/c1-3-26-21(25)18-11-7-10-17(14-18)19(23)12-13-22-15(2)20(24)16-8-5-4-6-9-16/h4-11,14-15,20,22,24H,3,12-13H2,1-2H3. The normalized spacial score (nSPS) is 13.0. The molecule has 0 spiro atoms. The van der Waals surface area contributed by atoms with Crippen molar-refractivity contribution in [2.24, 2.45) is 0 Å². The second-order valence-electron chi connectivity index (χ2n) is 6.07. The van der Waals surface area contributed by atoms with E-state index in [9.17, 15) is 14.7 Å². The number of ether oxygens (including phenoxy) is 1. The molecule has 0 bridgehead atoms. The molecule has 0 aliphatic heterocycles. The summed E-state index contributed by atoms with van der Waals surface area (Å²) in [5.74, 6) is -0.495. The summed E-state index contributed by atoms with van der Waals surface area (Å²) in [7, 11) is 0. The first-order valence-electron chi connectivity index (χ1n) is 8.79. The number of aliphatic hydroxyl groups is 1. The van der Waals surface area contributed by atoms with E-state index in [1.54, 1.807) is 31.2 Å². The highest BCUT2D eigenvalue weighted by Crippen LogP contribution is 2.16. The van der Waals surface area contributed by atoms with Crippen LogP contribution in [0.1, 0.15) is 52.7 Å². The number of benzene rings is 2. The zero-order valence-corrected chi connectivity index (χ0v) is 15.1. The zero-order valence-electron chi connectivity index (χ0n) is 15.1. The average molecular weight is 355 g/mol. The average Bonchev–Trinajstić information content (AvgIpc) is 2.68. The number of ketones is 1. The van der Waals surface area contributed by atoms with Crippen LogP contribution in [0.15, 0.2) is 54.6 Å². The number of esters is 1. The molecule has 26 heavy (non-hydrogen) atoms. The van der Waals surface area contributed by atoms with Crippen LogP contribution < -0.4 is 5.32 Å².